The molecule has 0 saturated carbocycles. The molecule has 12 heteroatoms. The Hall–Kier alpha value is -4.69. The van der Waals surface area contributed by atoms with Gasteiger partial charge in [0, 0.05) is 37.2 Å². The fourth-order valence-corrected chi connectivity index (χ4v) is 3.09. The molecule has 0 fully saturated rings. The van der Waals surface area contributed by atoms with Crippen molar-refractivity contribution in [1.82, 2.24) is 29.9 Å². The summed E-state index contributed by atoms with van der Waals surface area (Å²) in [4.78, 5) is 25.1. The maximum atomic E-state index is 9.75. The van der Waals surface area contributed by atoms with Crippen LogP contribution in [0.2, 0.25) is 0 Å². The van der Waals surface area contributed by atoms with Crippen molar-refractivity contribution in [2.45, 2.75) is 0 Å². The molecule has 0 atom stereocenters. The van der Waals surface area contributed by atoms with Crippen LogP contribution in [0, 0.1) is 0 Å². The van der Waals surface area contributed by atoms with E-state index in [1.807, 2.05) is 109 Å². The average molecular weight is 656 g/mol. The second-order valence-corrected chi connectivity index (χ2v) is 7.78. The van der Waals surface area contributed by atoms with Gasteiger partial charge < -0.3 is 17.3 Å². The minimum Gasteiger partial charge on any atom is -0.418 e. The van der Waals surface area contributed by atoms with Gasteiger partial charge in [-0.25, -0.2) is 0 Å². The van der Waals surface area contributed by atoms with E-state index in [2.05, 4.69) is 29.9 Å². The van der Waals surface area contributed by atoms with Crippen LogP contribution in [0.4, 0.5) is 17.3 Å². The first-order chi connectivity index (χ1) is 19.9. The Balaban J connectivity index is 0.000000202. The number of nitrogens with zero attached hydrogens (tertiary/aromatic N) is 6. The third kappa shape index (κ3) is 13.6. The Labute approximate surface area is 253 Å². The maximum absolute atomic E-state index is 9.75. The number of hydrogen-bond acceptors (Lipinski definition) is 6. The van der Waals surface area contributed by atoms with Gasteiger partial charge in [0.15, 0.2) is 0 Å². The predicted octanol–water partition coefficient (Wildman–Crippen LogP) is 7.73. The van der Waals surface area contributed by atoms with Crippen molar-refractivity contribution in [3.63, 3.8) is 0 Å². The van der Waals surface area contributed by atoms with E-state index in [4.69, 9.17) is 0 Å². The summed E-state index contributed by atoms with van der Waals surface area (Å²) in [5.41, 5.74) is 5.49. The third-order valence-electron chi connectivity index (χ3n) is 4.78. The first-order valence-electron chi connectivity index (χ1n) is 12.2. The summed E-state index contributed by atoms with van der Waals surface area (Å²) in [7, 11) is -6.00. The molecule has 0 aliphatic heterocycles. The van der Waals surface area contributed by atoms with E-state index in [1.54, 1.807) is 37.2 Å². The summed E-state index contributed by atoms with van der Waals surface area (Å²) in [5.74, 6) is 0. The fraction of sp³-hybridized carbons (Fsp3) is 0. The van der Waals surface area contributed by atoms with Gasteiger partial charge in [0.1, 0.15) is 0 Å². The Kier molecular flexibility index (Phi) is 14.9. The van der Waals surface area contributed by atoms with E-state index >= 15 is 0 Å². The van der Waals surface area contributed by atoms with Crippen LogP contribution in [0.25, 0.3) is 34.2 Å². The number of aromatic nitrogens is 6. The summed E-state index contributed by atoms with van der Waals surface area (Å²) < 4.78 is 39.0. The Morgan fingerprint density at radius 1 is 0.310 bits per heavy atom. The normalized spacial score (nSPS) is 9.71. The summed E-state index contributed by atoms with van der Waals surface area (Å²) in [6.45, 7) is 0. The van der Waals surface area contributed by atoms with Crippen molar-refractivity contribution < 1.29 is 36.7 Å². The Morgan fingerprint density at radius 3 is 0.548 bits per heavy atom. The topological polar surface area (TPSA) is 77.3 Å². The molecule has 0 aliphatic rings. The molecule has 0 aliphatic carbocycles. The molecule has 212 valence electrons. The largest absolute Gasteiger partial charge is 2.00 e. The first kappa shape index (κ1) is 33.5. The van der Waals surface area contributed by atoms with Gasteiger partial charge in [-0.1, -0.05) is 36.4 Å². The van der Waals surface area contributed by atoms with Gasteiger partial charge >= 0.3 is 26.7 Å². The van der Waals surface area contributed by atoms with Crippen LogP contribution in [-0.2, 0) is 19.5 Å². The van der Waals surface area contributed by atoms with Crippen molar-refractivity contribution in [2.75, 3.05) is 0 Å². The second kappa shape index (κ2) is 18.6. The molecule has 42 heavy (non-hydrogen) atoms. The maximum Gasteiger partial charge on any atom is 2.00 e. The van der Waals surface area contributed by atoms with E-state index in [9.17, 15) is 17.3 Å². The zero-order valence-electron chi connectivity index (χ0n) is 22.0. The molecule has 0 unspecified atom stereocenters. The summed E-state index contributed by atoms with van der Waals surface area (Å²) >= 11 is 0. The van der Waals surface area contributed by atoms with Gasteiger partial charge in [-0.2, -0.15) is 0 Å². The molecule has 0 amide bonds. The zero-order chi connectivity index (χ0) is 29.2. The van der Waals surface area contributed by atoms with Crippen molar-refractivity contribution in [3.8, 4) is 34.2 Å². The molecule has 0 N–H and O–H groups in total. The Bertz CT molecular complexity index is 1210. The number of rotatable bonds is 3. The molecule has 6 aromatic heterocycles. The van der Waals surface area contributed by atoms with Gasteiger partial charge in [0.05, 0.1) is 34.2 Å². The molecule has 6 rings (SSSR count). The standard InChI is InChI=1S/3C10H8N2.BF4.Ru/c3*1-3-7-11-9(5-1)10-6-2-4-8-12-10;2-1(3,4)5;/h3*1-8H;;/q;;;-1;+2. The van der Waals surface area contributed by atoms with Gasteiger partial charge in [0.2, 0.25) is 0 Å². The van der Waals surface area contributed by atoms with Crippen LogP contribution >= 0.6 is 0 Å². The predicted molar refractivity (Wildman–Crippen MR) is 153 cm³/mol. The van der Waals surface area contributed by atoms with E-state index in [0.29, 0.717) is 0 Å². The molecule has 0 saturated heterocycles. The van der Waals surface area contributed by atoms with E-state index in [0.717, 1.165) is 34.2 Å². The zero-order valence-corrected chi connectivity index (χ0v) is 23.7. The van der Waals surface area contributed by atoms with Crippen LogP contribution in [0.15, 0.2) is 146 Å². The van der Waals surface area contributed by atoms with Crippen molar-refractivity contribution in [3.05, 3.63) is 146 Å². The van der Waals surface area contributed by atoms with E-state index in [1.165, 1.54) is 0 Å². The average Bonchev–Trinajstić information content (AvgIpc) is 3.04. The minimum absolute atomic E-state index is 0. The molecule has 6 heterocycles. The first-order valence-corrected chi connectivity index (χ1v) is 12.2. The summed E-state index contributed by atoms with van der Waals surface area (Å²) in [5, 5.41) is 0. The SMILES string of the molecule is F[B-](F)(F)F.[Ru+2].c1ccc(-c2ccccn2)nc1.c1ccc(-c2ccccn2)nc1.c1ccc(-c2ccccn2)nc1. The molecular formula is C30H24BF4N6Ru+. The molecular weight excluding hydrogens is 632 g/mol. The fourth-order valence-electron chi connectivity index (χ4n) is 3.09. The van der Waals surface area contributed by atoms with Crippen LogP contribution in [-0.4, -0.2) is 37.2 Å². The van der Waals surface area contributed by atoms with Crippen LogP contribution in [0.1, 0.15) is 0 Å². The van der Waals surface area contributed by atoms with Gasteiger partial charge in [-0.05, 0) is 72.8 Å². The minimum atomic E-state index is -6.00. The van der Waals surface area contributed by atoms with Gasteiger partial charge in [-0.3, -0.25) is 29.9 Å². The van der Waals surface area contributed by atoms with Crippen LogP contribution < -0.4 is 0 Å². The quantitative estimate of drug-likeness (QED) is 0.143. The Morgan fingerprint density at radius 2 is 0.452 bits per heavy atom. The van der Waals surface area contributed by atoms with Crippen LogP contribution in [0.5, 0.6) is 0 Å². The van der Waals surface area contributed by atoms with E-state index in [-0.39, 0.29) is 19.5 Å². The van der Waals surface area contributed by atoms with Gasteiger partial charge in [-0.15, -0.1) is 0 Å². The van der Waals surface area contributed by atoms with Crippen molar-refractivity contribution >= 4 is 7.25 Å². The third-order valence-corrected chi connectivity index (χ3v) is 4.78. The van der Waals surface area contributed by atoms with Crippen LogP contribution in [0.3, 0.4) is 0 Å². The molecule has 0 aromatic carbocycles. The summed E-state index contributed by atoms with van der Waals surface area (Å²) in [6, 6.07) is 34.8. The molecule has 0 radical (unpaired) electrons. The monoisotopic (exact) mass is 657 g/mol. The molecule has 0 spiro atoms. The second-order valence-electron chi connectivity index (χ2n) is 7.78. The van der Waals surface area contributed by atoms with Crippen molar-refractivity contribution in [1.29, 1.82) is 0 Å². The summed E-state index contributed by atoms with van der Waals surface area (Å²) in [6.07, 6.45) is 10.6. The number of hydrogen-bond donors (Lipinski definition) is 0. The molecule has 0 bridgehead atoms. The van der Waals surface area contributed by atoms with Crippen molar-refractivity contribution in [2.24, 2.45) is 0 Å². The molecule has 6 nitrogen and oxygen atoms in total. The van der Waals surface area contributed by atoms with Gasteiger partial charge in [0.25, 0.3) is 0 Å². The van der Waals surface area contributed by atoms with E-state index < -0.39 is 7.25 Å². The number of halogens is 4. The molecule has 6 aromatic rings. The number of pyridine rings is 6. The smallest absolute Gasteiger partial charge is 0.418 e.